The largest absolute Gasteiger partial charge is 0.465 e. The van der Waals surface area contributed by atoms with Crippen LogP contribution in [0.15, 0.2) is 35.7 Å². The number of ether oxygens (including phenoxy) is 1. The van der Waals surface area contributed by atoms with Crippen LogP contribution in [0.1, 0.15) is 15.2 Å². The van der Waals surface area contributed by atoms with Crippen LogP contribution in [0.3, 0.4) is 0 Å². The van der Waals surface area contributed by atoms with Crippen LogP contribution in [0.4, 0.5) is 5.69 Å². The summed E-state index contributed by atoms with van der Waals surface area (Å²) in [6.45, 7) is 0.630. The van der Waals surface area contributed by atoms with Crippen molar-refractivity contribution in [2.24, 2.45) is 0 Å². The molecule has 5 heteroatoms. The molecule has 1 N–H and O–H groups in total. The minimum atomic E-state index is -0.345. The van der Waals surface area contributed by atoms with E-state index >= 15 is 0 Å². The summed E-state index contributed by atoms with van der Waals surface area (Å²) in [5.41, 5.74) is 1.29. The molecule has 0 bridgehead atoms. The van der Waals surface area contributed by atoms with E-state index in [0.29, 0.717) is 12.1 Å². The van der Waals surface area contributed by atoms with Crippen molar-refractivity contribution < 1.29 is 9.53 Å². The van der Waals surface area contributed by atoms with Gasteiger partial charge in [-0.3, -0.25) is 0 Å². The molecule has 0 spiro atoms. The molecule has 1 aromatic carbocycles. The van der Waals surface area contributed by atoms with Gasteiger partial charge in [-0.25, -0.2) is 4.79 Å². The number of methoxy groups -OCH3 is 1. The number of benzene rings is 1. The van der Waals surface area contributed by atoms with Gasteiger partial charge in [-0.1, -0.05) is 23.7 Å². The molecule has 0 radical (unpaired) electrons. The van der Waals surface area contributed by atoms with E-state index in [1.807, 2.05) is 23.6 Å². The van der Waals surface area contributed by atoms with Crippen molar-refractivity contribution in [3.63, 3.8) is 0 Å². The number of carbonyl (C=O) groups excluding carboxylic acids is 1. The number of halogens is 1. The first-order valence-electron chi connectivity index (χ1n) is 5.35. The summed E-state index contributed by atoms with van der Waals surface area (Å²) in [5, 5.41) is 5.82. The maximum absolute atomic E-state index is 11.6. The highest BCUT2D eigenvalue weighted by atomic mass is 35.5. The molecule has 1 aromatic heterocycles. The SMILES string of the molecule is COC(=O)c1ccccc1NCc1cc(Cl)cs1. The van der Waals surface area contributed by atoms with Gasteiger partial charge in [0.2, 0.25) is 0 Å². The molecule has 0 amide bonds. The second-order valence-electron chi connectivity index (χ2n) is 3.62. The lowest BCUT2D eigenvalue weighted by Gasteiger charge is -2.09. The Bertz CT molecular complexity index is 553. The van der Waals surface area contributed by atoms with E-state index in [9.17, 15) is 4.79 Å². The molecule has 94 valence electrons. The second kappa shape index (κ2) is 5.89. The fourth-order valence-electron chi connectivity index (χ4n) is 1.55. The number of anilines is 1. The number of esters is 1. The number of rotatable bonds is 4. The molecule has 0 saturated heterocycles. The Morgan fingerprint density at radius 2 is 2.22 bits per heavy atom. The van der Waals surface area contributed by atoms with Gasteiger partial charge in [0, 0.05) is 22.5 Å². The average Bonchev–Trinajstić information content (AvgIpc) is 2.81. The van der Waals surface area contributed by atoms with E-state index in [-0.39, 0.29) is 5.97 Å². The second-order valence-corrected chi connectivity index (χ2v) is 5.05. The number of carbonyl (C=O) groups is 1. The molecule has 1 heterocycles. The fraction of sp³-hybridized carbons (Fsp3) is 0.154. The molecular formula is C13H12ClNO2S. The van der Waals surface area contributed by atoms with Gasteiger partial charge in [0.05, 0.1) is 17.7 Å². The molecule has 3 nitrogen and oxygen atoms in total. The Morgan fingerprint density at radius 3 is 2.89 bits per heavy atom. The third-order valence-corrected chi connectivity index (χ3v) is 3.69. The third kappa shape index (κ3) is 3.03. The van der Waals surface area contributed by atoms with Gasteiger partial charge in [-0.05, 0) is 18.2 Å². The lowest BCUT2D eigenvalue weighted by atomic mass is 10.2. The first-order valence-corrected chi connectivity index (χ1v) is 6.60. The van der Waals surface area contributed by atoms with Crippen molar-refractivity contribution >= 4 is 34.6 Å². The molecule has 0 fully saturated rings. The fourth-order valence-corrected chi connectivity index (χ4v) is 2.57. The lowest BCUT2D eigenvalue weighted by Crippen LogP contribution is -2.07. The Balaban J connectivity index is 2.11. The summed E-state index contributed by atoms with van der Waals surface area (Å²) >= 11 is 7.43. The van der Waals surface area contributed by atoms with Gasteiger partial charge in [0.15, 0.2) is 0 Å². The molecular weight excluding hydrogens is 270 g/mol. The standard InChI is InChI=1S/C13H12ClNO2S/c1-17-13(16)11-4-2-3-5-12(11)15-7-10-6-9(14)8-18-10/h2-6,8,15H,7H2,1H3. The maximum Gasteiger partial charge on any atom is 0.339 e. The molecule has 0 atom stereocenters. The van der Waals surface area contributed by atoms with Crippen molar-refractivity contribution in [2.75, 3.05) is 12.4 Å². The predicted octanol–water partition coefficient (Wildman–Crippen LogP) is 3.80. The van der Waals surface area contributed by atoms with Gasteiger partial charge < -0.3 is 10.1 Å². The van der Waals surface area contributed by atoms with Crippen LogP contribution in [-0.2, 0) is 11.3 Å². The summed E-state index contributed by atoms with van der Waals surface area (Å²) < 4.78 is 4.74. The predicted molar refractivity (Wildman–Crippen MR) is 74.4 cm³/mol. The molecule has 0 saturated carbocycles. The van der Waals surface area contributed by atoms with E-state index in [4.69, 9.17) is 16.3 Å². The number of hydrogen-bond donors (Lipinski definition) is 1. The van der Waals surface area contributed by atoms with E-state index in [2.05, 4.69) is 5.32 Å². The van der Waals surface area contributed by atoms with Crippen LogP contribution in [0, 0.1) is 0 Å². The van der Waals surface area contributed by atoms with Gasteiger partial charge in [-0.15, -0.1) is 11.3 Å². The number of hydrogen-bond acceptors (Lipinski definition) is 4. The van der Waals surface area contributed by atoms with Crippen molar-refractivity contribution in [2.45, 2.75) is 6.54 Å². The Kier molecular flexibility index (Phi) is 4.23. The summed E-state index contributed by atoms with van der Waals surface area (Å²) in [6, 6.07) is 9.16. The van der Waals surface area contributed by atoms with Crippen molar-refractivity contribution in [1.29, 1.82) is 0 Å². The van der Waals surface area contributed by atoms with Crippen molar-refractivity contribution in [3.05, 3.63) is 51.2 Å². The number of thiophene rings is 1. The number of nitrogens with one attached hydrogen (secondary N) is 1. The van der Waals surface area contributed by atoms with E-state index in [1.165, 1.54) is 7.11 Å². The van der Waals surface area contributed by atoms with E-state index in [0.717, 1.165) is 15.6 Å². The maximum atomic E-state index is 11.6. The molecule has 2 rings (SSSR count). The molecule has 2 aromatic rings. The quantitative estimate of drug-likeness (QED) is 0.866. The zero-order valence-corrected chi connectivity index (χ0v) is 11.3. The van der Waals surface area contributed by atoms with Gasteiger partial charge in [0.1, 0.15) is 0 Å². The summed E-state index contributed by atoms with van der Waals surface area (Å²) in [6.07, 6.45) is 0. The topological polar surface area (TPSA) is 38.3 Å². The first kappa shape index (κ1) is 12.9. The smallest absolute Gasteiger partial charge is 0.339 e. The third-order valence-electron chi connectivity index (χ3n) is 2.41. The Morgan fingerprint density at radius 1 is 1.44 bits per heavy atom. The Labute approximate surface area is 114 Å². The molecule has 0 aliphatic carbocycles. The van der Waals surface area contributed by atoms with Crippen LogP contribution in [0.25, 0.3) is 0 Å². The minimum absolute atomic E-state index is 0.345. The van der Waals surface area contributed by atoms with Crippen molar-refractivity contribution in [1.82, 2.24) is 0 Å². The first-order chi connectivity index (χ1) is 8.70. The minimum Gasteiger partial charge on any atom is -0.465 e. The highest BCUT2D eigenvalue weighted by Crippen LogP contribution is 2.22. The average molecular weight is 282 g/mol. The van der Waals surface area contributed by atoms with Crippen LogP contribution in [0.5, 0.6) is 0 Å². The van der Waals surface area contributed by atoms with Gasteiger partial charge in [-0.2, -0.15) is 0 Å². The molecule has 0 aliphatic heterocycles. The van der Waals surface area contributed by atoms with Crippen molar-refractivity contribution in [3.8, 4) is 0 Å². The highest BCUT2D eigenvalue weighted by molar-refractivity contribution is 7.10. The van der Waals surface area contributed by atoms with E-state index < -0.39 is 0 Å². The van der Waals surface area contributed by atoms with Crippen LogP contribution >= 0.6 is 22.9 Å². The molecule has 0 aliphatic rings. The zero-order chi connectivity index (χ0) is 13.0. The summed E-state index contributed by atoms with van der Waals surface area (Å²) in [4.78, 5) is 12.7. The highest BCUT2D eigenvalue weighted by Gasteiger charge is 2.10. The van der Waals surface area contributed by atoms with Crippen LogP contribution < -0.4 is 5.32 Å². The Hall–Kier alpha value is -1.52. The normalized spacial score (nSPS) is 10.1. The van der Waals surface area contributed by atoms with Gasteiger partial charge in [0.25, 0.3) is 0 Å². The number of para-hydroxylation sites is 1. The van der Waals surface area contributed by atoms with Gasteiger partial charge >= 0.3 is 5.97 Å². The lowest BCUT2D eigenvalue weighted by molar-refractivity contribution is 0.0602. The molecule has 0 unspecified atom stereocenters. The van der Waals surface area contributed by atoms with Crippen LogP contribution in [-0.4, -0.2) is 13.1 Å². The van der Waals surface area contributed by atoms with Crippen LogP contribution in [0.2, 0.25) is 5.02 Å². The van der Waals surface area contributed by atoms with E-state index in [1.54, 1.807) is 23.5 Å². The summed E-state index contributed by atoms with van der Waals surface area (Å²) in [5.74, 6) is -0.345. The molecule has 18 heavy (non-hydrogen) atoms. The monoisotopic (exact) mass is 281 g/mol. The summed E-state index contributed by atoms with van der Waals surface area (Å²) in [7, 11) is 1.37. The zero-order valence-electron chi connectivity index (χ0n) is 9.77.